The van der Waals surface area contributed by atoms with Crippen LogP contribution in [0.25, 0.3) is 0 Å². The number of carbonyl (C=O) groups excluding carboxylic acids is 1. The lowest BCUT2D eigenvalue weighted by atomic mass is 9.87. The average molecular weight is 314 g/mol. The summed E-state index contributed by atoms with van der Waals surface area (Å²) >= 11 is 3.25. The van der Waals surface area contributed by atoms with E-state index in [0.717, 1.165) is 4.47 Å². The Labute approximate surface area is 114 Å². The molecule has 1 aromatic rings. The molecule has 1 aliphatic carbocycles. The van der Waals surface area contributed by atoms with Gasteiger partial charge >= 0.3 is 0 Å². The zero-order chi connectivity index (χ0) is 13.1. The number of carbonyl (C=O) groups is 1. The first-order valence-corrected chi connectivity index (χ1v) is 6.83. The normalized spacial score (nSPS) is 23.7. The summed E-state index contributed by atoms with van der Waals surface area (Å²) in [5.41, 5.74) is 0.425. The third-order valence-corrected chi connectivity index (χ3v) is 3.78. The molecule has 1 aliphatic rings. The number of phenolic OH excluding ortho intramolecular Hbond substituents is 1. The maximum absolute atomic E-state index is 12.0. The summed E-state index contributed by atoms with van der Waals surface area (Å²) in [6.45, 7) is 0. The number of anilines is 1. The fourth-order valence-corrected chi connectivity index (χ4v) is 2.53. The van der Waals surface area contributed by atoms with Crippen LogP contribution in [0.1, 0.15) is 25.7 Å². The largest absolute Gasteiger partial charge is 0.506 e. The number of nitrogens with one attached hydrogen (secondary N) is 1. The summed E-state index contributed by atoms with van der Waals surface area (Å²) < 4.78 is 0.763. The maximum Gasteiger partial charge on any atom is 0.227 e. The fourth-order valence-electron chi connectivity index (χ4n) is 2.18. The summed E-state index contributed by atoms with van der Waals surface area (Å²) in [7, 11) is 0. The number of hydrogen-bond donors (Lipinski definition) is 3. The Bertz CT molecular complexity index is 442. The van der Waals surface area contributed by atoms with E-state index in [9.17, 15) is 15.0 Å². The van der Waals surface area contributed by atoms with Gasteiger partial charge in [-0.25, -0.2) is 0 Å². The van der Waals surface area contributed by atoms with Crippen LogP contribution in [0.5, 0.6) is 5.75 Å². The van der Waals surface area contributed by atoms with Gasteiger partial charge in [-0.3, -0.25) is 4.79 Å². The third kappa shape index (κ3) is 3.23. The van der Waals surface area contributed by atoms with Crippen molar-refractivity contribution in [2.24, 2.45) is 5.92 Å². The van der Waals surface area contributed by atoms with Gasteiger partial charge in [-0.1, -0.05) is 15.9 Å². The van der Waals surface area contributed by atoms with Crippen LogP contribution in [0, 0.1) is 5.92 Å². The number of halogens is 1. The molecule has 0 radical (unpaired) electrons. The summed E-state index contributed by atoms with van der Waals surface area (Å²) in [6, 6.07) is 4.97. The Morgan fingerprint density at radius 1 is 1.28 bits per heavy atom. The lowest BCUT2D eigenvalue weighted by Gasteiger charge is -2.24. The Kier molecular flexibility index (Phi) is 4.24. The van der Waals surface area contributed by atoms with E-state index >= 15 is 0 Å². The number of aromatic hydroxyl groups is 1. The topological polar surface area (TPSA) is 69.6 Å². The highest BCUT2D eigenvalue weighted by molar-refractivity contribution is 9.10. The van der Waals surface area contributed by atoms with E-state index < -0.39 is 0 Å². The molecule has 0 heterocycles. The van der Waals surface area contributed by atoms with E-state index in [1.54, 1.807) is 18.2 Å². The number of aliphatic hydroxyl groups excluding tert-OH is 1. The second kappa shape index (κ2) is 5.71. The minimum absolute atomic E-state index is 0.0496. The maximum atomic E-state index is 12.0. The lowest BCUT2D eigenvalue weighted by Crippen LogP contribution is -2.28. The number of hydrogen-bond acceptors (Lipinski definition) is 3. The van der Waals surface area contributed by atoms with E-state index in [2.05, 4.69) is 21.2 Å². The van der Waals surface area contributed by atoms with Crippen LogP contribution in [-0.2, 0) is 4.79 Å². The van der Waals surface area contributed by atoms with Gasteiger partial charge in [-0.2, -0.15) is 0 Å². The smallest absolute Gasteiger partial charge is 0.227 e. The molecule has 0 spiro atoms. The van der Waals surface area contributed by atoms with E-state index in [1.807, 2.05) is 0 Å². The molecule has 1 amide bonds. The van der Waals surface area contributed by atoms with Gasteiger partial charge in [0.15, 0.2) is 0 Å². The van der Waals surface area contributed by atoms with Crippen LogP contribution in [0.4, 0.5) is 5.69 Å². The molecular weight excluding hydrogens is 298 g/mol. The molecule has 5 heteroatoms. The molecule has 0 saturated heterocycles. The average Bonchev–Trinajstić information content (AvgIpc) is 2.33. The Balaban J connectivity index is 1.98. The highest BCUT2D eigenvalue weighted by Gasteiger charge is 2.25. The van der Waals surface area contributed by atoms with Crippen LogP contribution in [-0.4, -0.2) is 22.2 Å². The Morgan fingerprint density at radius 3 is 2.56 bits per heavy atom. The molecule has 0 atom stereocenters. The molecular formula is C13H16BrNO3. The molecule has 4 nitrogen and oxygen atoms in total. The quantitative estimate of drug-likeness (QED) is 0.735. The molecule has 18 heavy (non-hydrogen) atoms. The van der Waals surface area contributed by atoms with Gasteiger partial charge in [0.05, 0.1) is 11.8 Å². The number of rotatable bonds is 2. The van der Waals surface area contributed by atoms with Crippen molar-refractivity contribution in [3.8, 4) is 5.75 Å². The second-order valence-corrected chi connectivity index (χ2v) is 5.57. The van der Waals surface area contributed by atoms with Crippen molar-refractivity contribution in [2.45, 2.75) is 31.8 Å². The second-order valence-electron chi connectivity index (χ2n) is 4.66. The molecule has 1 fully saturated rings. The van der Waals surface area contributed by atoms with Crippen LogP contribution >= 0.6 is 15.9 Å². The zero-order valence-corrected chi connectivity index (χ0v) is 11.5. The number of aliphatic hydroxyl groups is 1. The van der Waals surface area contributed by atoms with Gasteiger partial charge in [-0.05, 0) is 43.9 Å². The van der Waals surface area contributed by atoms with E-state index in [0.29, 0.717) is 31.4 Å². The predicted octanol–water partition coefficient (Wildman–Crippen LogP) is 2.64. The number of amides is 1. The summed E-state index contributed by atoms with van der Waals surface area (Å²) in [5.74, 6) is -0.107. The van der Waals surface area contributed by atoms with Crippen molar-refractivity contribution in [1.29, 1.82) is 0 Å². The minimum Gasteiger partial charge on any atom is -0.506 e. The van der Waals surface area contributed by atoms with E-state index in [4.69, 9.17) is 0 Å². The van der Waals surface area contributed by atoms with Gasteiger partial charge in [0.2, 0.25) is 5.91 Å². The first-order valence-electron chi connectivity index (χ1n) is 6.03. The standard InChI is InChI=1S/C13H16BrNO3/c14-9-3-6-11(12(17)7-9)15-13(18)8-1-4-10(16)5-2-8/h3,6-8,10,16-17H,1-2,4-5H2,(H,15,18). The predicted molar refractivity (Wildman–Crippen MR) is 72.4 cm³/mol. The van der Waals surface area contributed by atoms with Crippen LogP contribution < -0.4 is 5.32 Å². The molecule has 0 unspecified atom stereocenters. The summed E-state index contributed by atoms with van der Waals surface area (Å²) in [4.78, 5) is 12.0. The zero-order valence-electron chi connectivity index (χ0n) is 9.90. The van der Waals surface area contributed by atoms with E-state index in [1.165, 1.54) is 0 Å². The van der Waals surface area contributed by atoms with Crippen molar-refractivity contribution in [3.05, 3.63) is 22.7 Å². The number of phenols is 1. The first kappa shape index (κ1) is 13.4. The molecule has 2 rings (SSSR count). The molecule has 1 aromatic carbocycles. The molecule has 98 valence electrons. The van der Waals surface area contributed by atoms with Gasteiger partial charge < -0.3 is 15.5 Å². The Morgan fingerprint density at radius 2 is 1.94 bits per heavy atom. The fraction of sp³-hybridized carbons (Fsp3) is 0.462. The van der Waals surface area contributed by atoms with Crippen LogP contribution in [0.15, 0.2) is 22.7 Å². The van der Waals surface area contributed by atoms with Gasteiger partial charge in [-0.15, -0.1) is 0 Å². The molecule has 0 aromatic heterocycles. The molecule has 0 aliphatic heterocycles. The van der Waals surface area contributed by atoms with Crippen molar-refractivity contribution in [1.82, 2.24) is 0 Å². The monoisotopic (exact) mass is 313 g/mol. The van der Waals surface area contributed by atoms with E-state index in [-0.39, 0.29) is 23.7 Å². The highest BCUT2D eigenvalue weighted by atomic mass is 79.9. The number of benzene rings is 1. The molecule has 3 N–H and O–H groups in total. The van der Waals surface area contributed by atoms with Crippen LogP contribution in [0.3, 0.4) is 0 Å². The van der Waals surface area contributed by atoms with Gasteiger partial charge in [0.25, 0.3) is 0 Å². The first-order chi connectivity index (χ1) is 8.56. The Hall–Kier alpha value is -1.07. The van der Waals surface area contributed by atoms with Gasteiger partial charge in [0.1, 0.15) is 5.75 Å². The SMILES string of the molecule is O=C(Nc1ccc(Br)cc1O)C1CCC(O)CC1. The van der Waals surface area contributed by atoms with Crippen molar-refractivity contribution in [3.63, 3.8) is 0 Å². The minimum atomic E-state index is -0.268. The van der Waals surface area contributed by atoms with Gasteiger partial charge in [0, 0.05) is 10.4 Å². The lowest BCUT2D eigenvalue weighted by molar-refractivity contribution is -0.121. The molecule has 1 saturated carbocycles. The van der Waals surface area contributed by atoms with Crippen molar-refractivity contribution >= 4 is 27.5 Å². The van der Waals surface area contributed by atoms with Crippen molar-refractivity contribution in [2.75, 3.05) is 5.32 Å². The van der Waals surface area contributed by atoms with Crippen molar-refractivity contribution < 1.29 is 15.0 Å². The summed E-state index contributed by atoms with van der Waals surface area (Å²) in [5, 5.41) is 21.8. The third-order valence-electron chi connectivity index (χ3n) is 3.29. The summed E-state index contributed by atoms with van der Waals surface area (Å²) in [6.07, 6.45) is 2.47. The van der Waals surface area contributed by atoms with Crippen LogP contribution in [0.2, 0.25) is 0 Å². The molecule has 0 bridgehead atoms. The highest BCUT2D eigenvalue weighted by Crippen LogP contribution is 2.29.